The number of alkyl halides is 6. The first-order valence-electron chi connectivity index (χ1n) is 8.62. The SMILES string of the molecule is NC(=O)[C@@H](CC[S@](=O)c1ccccc1)NC(=O)c1cc(C(F)(F)F)cc(C(F)(F)F)c1. The van der Waals surface area contributed by atoms with E-state index in [9.17, 15) is 40.1 Å². The van der Waals surface area contributed by atoms with Gasteiger partial charge in [0.2, 0.25) is 5.91 Å². The van der Waals surface area contributed by atoms with Crippen LogP contribution >= 0.6 is 0 Å². The Balaban J connectivity index is 2.22. The molecular weight excluding hydrogens is 450 g/mol. The van der Waals surface area contributed by atoms with Crippen LogP contribution in [0.25, 0.3) is 0 Å². The number of hydrogen-bond acceptors (Lipinski definition) is 3. The number of primary amides is 1. The second-order valence-corrected chi connectivity index (χ2v) is 7.95. The summed E-state index contributed by atoms with van der Waals surface area (Å²) >= 11 is 0. The van der Waals surface area contributed by atoms with E-state index in [0.29, 0.717) is 4.90 Å². The van der Waals surface area contributed by atoms with Gasteiger partial charge < -0.3 is 11.1 Å². The lowest BCUT2D eigenvalue weighted by atomic mass is 10.0. The molecule has 168 valence electrons. The predicted octanol–water partition coefficient (Wildman–Crippen LogP) is 3.51. The van der Waals surface area contributed by atoms with Crippen LogP contribution < -0.4 is 11.1 Å². The minimum atomic E-state index is -5.13. The molecule has 5 nitrogen and oxygen atoms in total. The molecule has 31 heavy (non-hydrogen) atoms. The average molecular weight is 466 g/mol. The molecule has 2 atom stereocenters. The lowest BCUT2D eigenvalue weighted by Crippen LogP contribution is -2.45. The Kier molecular flexibility index (Phi) is 7.47. The molecular formula is C19H16F6N2O3S. The fourth-order valence-electron chi connectivity index (χ4n) is 2.53. The van der Waals surface area contributed by atoms with Gasteiger partial charge >= 0.3 is 12.4 Å². The summed E-state index contributed by atoms with van der Waals surface area (Å²) in [7, 11) is -1.57. The molecule has 0 aliphatic carbocycles. The summed E-state index contributed by atoms with van der Waals surface area (Å²) < 4.78 is 90.0. The van der Waals surface area contributed by atoms with Crippen molar-refractivity contribution < 1.29 is 40.1 Å². The van der Waals surface area contributed by atoms with Crippen molar-refractivity contribution in [2.45, 2.75) is 29.7 Å². The van der Waals surface area contributed by atoms with Crippen molar-refractivity contribution >= 4 is 22.6 Å². The second kappa shape index (κ2) is 9.50. The van der Waals surface area contributed by atoms with Gasteiger partial charge in [-0.05, 0) is 36.8 Å². The van der Waals surface area contributed by atoms with Crippen LogP contribution in [0.4, 0.5) is 26.3 Å². The number of carbonyl (C=O) groups excluding carboxylic acids is 2. The van der Waals surface area contributed by atoms with Gasteiger partial charge in [0, 0.05) is 16.2 Å². The van der Waals surface area contributed by atoms with Crippen molar-refractivity contribution in [2.24, 2.45) is 5.73 Å². The van der Waals surface area contributed by atoms with Gasteiger partial charge in [-0.3, -0.25) is 13.8 Å². The first-order chi connectivity index (χ1) is 14.3. The van der Waals surface area contributed by atoms with E-state index in [-0.39, 0.29) is 30.4 Å². The maximum Gasteiger partial charge on any atom is 0.416 e. The molecule has 2 rings (SSSR count). The van der Waals surface area contributed by atoms with Crippen molar-refractivity contribution in [3.05, 3.63) is 65.2 Å². The highest BCUT2D eigenvalue weighted by atomic mass is 32.2. The molecule has 0 aromatic heterocycles. The van der Waals surface area contributed by atoms with E-state index in [1.807, 2.05) is 5.32 Å². The fourth-order valence-corrected chi connectivity index (χ4v) is 3.67. The van der Waals surface area contributed by atoms with E-state index in [1.54, 1.807) is 30.3 Å². The quantitative estimate of drug-likeness (QED) is 0.613. The molecule has 0 heterocycles. The Labute approximate surface area is 175 Å². The third-order valence-electron chi connectivity index (χ3n) is 4.10. The number of hydrogen-bond donors (Lipinski definition) is 2. The smallest absolute Gasteiger partial charge is 0.368 e. The molecule has 0 aliphatic rings. The molecule has 2 amide bonds. The van der Waals surface area contributed by atoms with E-state index in [4.69, 9.17) is 5.73 Å². The molecule has 0 fully saturated rings. The van der Waals surface area contributed by atoms with Gasteiger partial charge in [0.25, 0.3) is 5.91 Å². The summed E-state index contributed by atoms with van der Waals surface area (Å²) in [5.74, 6) is -2.57. The van der Waals surface area contributed by atoms with Crippen LogP contribution in [0, 0.1) is 0 Å². The number of nitrogens with two attached hydrogens (primary N) is 1. The normalized spacial score (nSPS) is 14.0. The maximum atomic E-state index is 13.0. The third-order valence-corrected chi connectivity index (χ3v) is 5.50. The molecule has 2 aromatic carbocycles. The maximum absolute atomic E-state index is 13.0. The van der Waals surface area contributed by atoms with E-state index >= 15 is 0 Å². The Hall–Kier alpha value is -2.89. The summed E-state index contributed by atoms with van der Waals surface area (Å²) in [5, 5.41) is 2.01. The van der Waals surface area contributed by atoms with E-state index in [2.05, 4.69) is 0 Å². The molecule has 3 N–H and O–H groups in total. The zero-order valence-electron chi connectivity index (χ0n) is 15.6. The Bertz CT molecular complexity index is 945. The lowest BCUT2D eigenvalue weighted by molar-refractivity contribution is -0.143. The summed E-state index contributed by atoms with van der Waals surface area (Å²) in [6.07, 6.45) is -10.5. The number of halogens is 6. The average Bonchev–Trinajstić information content (AvgIpc) is 2.69. The highest BCUT2D eigenvalue weighted by Crippen LogP contribution is 2.36. The van der Waals surface area contributed by atoms with Crippen molar-refractivity contribution in [3.63, 3.8) is 0 Å². The van der Waals surface area contributed by atoms with Gasteiger partial charge in [0.1, 0.15) is 6.04 Å². The minimum absolute atomic E-state index is 0.120. The Morgan fingerprint density at radius 2 is 1.45 bits per heavy atom. The fraction of sp³-hybridized carbons (Fsp3) is 0.263. The van der Waals surface area contributed by atoms with Crippen LogP contribution in [0.1, 0.15) is 27.9 Å². The number of rotatable bonds is 7. The molecule has 0 aliphatic heterocycles. The molecule has 12 heteroatoms. The monoisotopic (exact) mass is 466 g/mol. The summed E-state index contributed by atoms with van der Waals surface area (Å²) in [4.78, 5) is 24.4. The van der Waals surface area contributed by atoms with Crippen molar-refractivity contribution in [2.75, 3.05) is 5.75 Å². The number of amides is 2. The van der Waals surface area contributed by atoms with Crippen LogP contribution in [0.2, 0.25) is 0 Å². The minimum Gasteiger partial charge on any atom is -0.368 e. The highest BCUT2D eigenvalue weighted by Gasteiger charge is 2.37. The topological polar surface area (TPSA) is 89.3 Å². The molecule has 0 spiro atoms. The van der Waals surface area contributed by atoms with Crippen molar-refractivity contribution in [1.82, 2.24) is 5.32 Å². The molecule has 0 saturated carbocycles. The molecule has 0 bridgehead atoms. The Morgan fingerprint density at radius 3 is 1.90 bits per heavy atom. The van der Waals surface area contributed by atoms with Crippen LogP contribution in [0.3, 0.4) is 0 Å². The first kappa shape index (κ1) is 24.4. The highest BCUT2D eigenvalue weighted by molar-refractivity contribution is 7.85. The van der Waals surface area contributed by atoms with E-state index in [1.165, 1.54) is 0 Å². The van der Waals surface area contributed by atoms with Crippen molar-refractivity contribution in [3.8, 4) is 0 Å². The molecule has 0 unspecified atom stereocenters. The van der Waals surface area contributed by atoms with Crippen LogP contribution in [0.5, 0.6) is 0 Å². The summed E-state index contributed by atoms with van der Waals surface area (Å²) in [6, 6.07) is 6.99. The largest absolute Gasteiger partial charge is 0.416 e. The summed E-state index contributed by atoms with van der Waals surface area (Å²) in [5.41, 5.74) is 0.881. The van der Waals surface area contributed by atoms with Crippen LogP contribution in [-0.4, -0.2) is 27.8 Å². The Morgan fingerprint density at radius 1 is 0.935 bits per heavy atom. The van der Waals surface area contributed by atoms with Crippen LogP contribution in [-0.2, 0) is 27.9 Å². The standard InChI is InChI=1S/C19H16F6N2O3S/c20-18(21,22)12-8-11(9-13(10-12)19(23,24)25)17(29)27-15(16(26)28)6-7-31(30)14-4-2-1-3-5-14/h1-5,8-10,15H,6-7H2,(H2,26,28)(H,27,29)/t15-,31+/m1/s1. The zero-order chi connectivity index (χ0) is 23.4. The zero-order valence-corrected chi connectivity index (χ0v) is 16.4. The van der Waals surface area contributed by atoms with Crippen LogP contribution in [0.15, 0.2) is 53.4 Å². The van der Waals surface area contributed by atoms with Crippen molar-refractivity contribution in [1.29, 1.82) is 0 Å². The molecule has 2 aromatic rings. The van der Waals surface area contributed by atoms with Gasteiger partial charge in [-0.25, -0.2) is 0 Å². The van der Waals surface area contributed by atoms with Gasteiger partial charge in [0.15, 0.2) is 0 Å². The number of benzene rings is 2. The van der Waals surface area contributed by atoms with E-state index in [0.717, 1.165) is 0 Å². The number of carbonyl (C=O) groups is 2. The van der Waals surface area contributed by atoms with E-state index < -0.39 is 57.7 Å². The summed E-state index contributed by atoms with van der Waals surface area (Å²) in [6.45, 7) is 0. The molecule has 0 saturated heterocycles. The van der Waals surface area contributed by atoms with Gasteiger partial charge in [0.05, 0.1) is 21.9 Å². The van der Waals surface area contributed by atoms with Gasteiger partial charge in [-0.2, -0.15) is 26.3 Å². The van der Waals surface area contributed by atoms with Gasteiger partial charge in [-0.1, -0.05) is 18.2 Å². The lowest BCUT2D eigenvalue weighted by Gasteiger charge is -2.17. The first-order valence-corrected chi connectivity index (χ1v) is 9.94. The third kappa shape index (κ3) is 6.81. The predicted molar refractivity (Wildman–Crippen MR) is 99.2 cm³/mol. The van der Waals surface area contributed by atoms with Gasteiger partial charge in [-0.15, -0.1) is 0 Å². The second-order valence-electron chi connectivity index (χ2n) is 6.37. The molecule has 0 radical (unpaired) electrons. The number of nitrogens with one attached hydrogen (secondary N) is 1.